The first kappa shape index (κ1) is 18.8. The van der Waals surface area contributed by atoms with Crippen molar-refractivity contribution in [2.45, 2.75) is 19.1 Å². The Morgan fingerprint density at radius 2 is 2.04 bits per heavy atom. The van der Waals surface area contributed by atoms with Gasteiger partial charge in [-0.15, -0.1) is 0 Å². The van der Waals surface area contributed by atoms with Gasteiger partial charge < -0.3 is 15.4 Å². The van der Waals surface area contributed by atoms with Crippen LogP contribution in [0, 0.1) is 11.7 Å². The van der Waals surface area contributed by atoms with E-state index in [0.29, 0.717) is 19.7 Å². The minimum Gasteiger partial charge on any atom is -0.370 e. The zero-order valence-electron chi connectivity index (χ0n) is 14.6. The lowest BCUT2D eigenvalue weighted by molar-refractivity contribution is -0.143. The van der Waals surface area contributed by atoms with Crippen molar-refractivity contribution < 1.29 is 13.9 Å². The molecule has 2 aromatic rings. The van der Waals surface area contributed by atoms with Crippen molar-refractivity contribution in [1.29, 1.82) is 0 Å². The Labute approximate surface area is 157 Å². The lowest BCUT2D eigenvalue weighted by Crippen LogP contribution is -2.46. The van der Waals surface area contributed by atoms with Gasteiger partial charge in [-0.05, 0) is 23.3 Å². The third-order valence-corrected chi connectivity index (χ3v) is 5.10. The standard InChI is InChI=1S/C20H22ClFN2O2/c1-13(19(23)14-5-3-2-4-6-14)20(25)24-9-10-26-18(12-24)15-7-8-17(22)16(21)11-15/h2-8,11,13,18-19H,9-10,12,23H2,1H3. The second kappa shape index (κ2) is 8.16. The van der Waals surface area contributed by atoms with Gasteiger partial charge in [0.1, 0.15) is 11.9 Å². The van der Waals surface area contributed by atoms with E-state index in [1.165, 1.54) is 6.07 Å². The van der Waals surface area contributed by atoms with E-state index in [0.717, 1.165) is 11.1 Å². The number of ether oxygens (including phenoxy) is 1. The SMILES string of the molecule is CC(C(=O)N1CCOC(c2ccc(F)c(Cl)c2)C1)C(N)c1ccccc1. The predicted octanol–water partition coefficient (Wildman–Crippen LogP) is 3.72. The maximum Gasteiger partial charge on any atom is 0.227 e. The summed E-state index contributed by atoms with van der Waals surface area (Å²) in [5, 5.41) is 0.0500. The lowest BCUT2D eigenvalue weighted by Gasteiger charge is -2.35. The first-order valence-electron chi connectivity index (χ1n) is 8.63. The van der Waals surface area contributed by atoms with Crippen LogP contribution in [0.5, 0.6) is 0 Å². The van der Waals surface area contributed by atoms with Crippen LogP contribution < -0.4 is 5.73 Å². The number of carbonyl (C=O) groups excluding carboxylic acids is 1. The molecule has 0 aliphatic carbocycles. The molecule has 1 saturated heterocycles. The second-order valence-electron chi connectivity index (χ2n) is 6.54. The Balaban J connectivity index is 1.70. The summed E-state index contributed by atoms with van der Waals surface area (Å²) in [6, 6.07) is 13.7. The molecule has 4 nitrogen and oxygen atoms in total. The molecule has 3 unspecified atom stereocenters. The van der Waals surface area contributed by atoms with Crippen molar-refractivity contribution in [3.05, 3.63) is 70.5 Å². The smallest absolute Gasteiger partial charge is 0.227 e. The van der Waals surface area contributed by atoms with Crippen molar-refractivity contribution in [2.24, 2.45) is 11.7 Å². The van der Waals surface area contributed by atoms with Crippen LogP contribution in [-0.2, 0) is 9.53 Å². The Morgan fingerprint density at radius 1 is 1.31 bits per heavy atom. The molecular formula is C20H22ClFN2O2. The van der Waals surface area contributed by atoms with Gasteiger partial charge >= 0.3 is 0 Å². The largest absolute Gasteiger partial charge is 0.370 e. The fraction of sp³-hybridized carbons (Fsp3) is 0.350. The van der Waals surface area contributed by atoms with E-state index in [1.807, 2.05) is 37.3 Å². The summed E-state index contributed by atoms with van der Waals surface area (Å²) < 4.78 is 19.1. The van der Waals surface area contributed by atoms with E-state index < -0.39 is 5.82 Å². The Kier molecular flexibility index (Phi) is 5.91. The molecule has 1 aliphatic rings. The Hall–Kier alpha value is -1.95. The highest BCUT2D eigenvalue weighted by atomic mass is 35.5. The predicted molar refractivity (Wildman–Crippen MR) is 99.2 cm³/mol. The molecule has 1 fully saturated rings. The van der Waals surface area contributed by atoms with Crippen LogP contribution in [0.3, 0.4) is 0 Å². The first-order chi connectivity index (χ1) is 12.5. The van der Waals surface area contributed by atoms with Crippen LogP contribution in [0.2, 0.25) is 5.02 Å². The molecule has 6 heteroatoms. The van der Waals surface area contributed by atoms with Crippen LogP contribution >= 0.6 is 11.6 Å². The van der Waals surface area contributed by atoms with Gasteiger partial charge in [0.05, 0.1) is 24.1 Å². The second-order valence-corrected chi connectivity index (χ2v) is 6.95. The van der Waals surface area contributed by atoms with Gasteiger partial charge in [-0.2, -0.15) is 0 Å². The number of nitrogens with two attached hydrogens (primary N) is 1. The molecule has 26 heavy (non-hydrogen) atoms. The first-order valence-corrected chi connectivity index (χ1v) is 9.01. The highest BCUT2D eigenvalue weighted by Crippen LogP contribution is 2.28. The lowest BCUT2D eigenvalue weighted by atomic mass is 9.93. The van der Waals surface area contributed by atoms with Crippen molar-refractivity contribution in [2.75, 3.05) is 19.7 Å². The molecule has 1 amide bonds. The molecule has 2 N–H and O–H groups in total. The van der Waals surface area contributed by atoms with E-state index in [-0.39, 0.29) is 29.0 Å². The number of nitrogens with zero attached hydrogens (tertiary/aromatic N) is 1. The highest BCUT2D eigenvalue weighted by Gasteiger charge is 2.31. The zero-order valence-corrected chi connectivity index (χ0v) is 15.3. The summed E-state index contributed by atoms with van der Waals surface area (Å²) in [5.74, 6) is -0.836. The van der Waals surface area contributed by atoms with Gasteiger partial charge in [0, 0.05) is 12.6 Å². The molecule has 0 bridgehead atoms. The highest BCUT2D eigenvalue weighted by molar-refractivity contribution is 6.30. The van der Waals surface area contributed by atoms with Crippen LogP contribution in [0.15, 0.2) is 48.5 Å². The minimum absolute atomic E-state index is 0.0112. The molecule has 0 spiro atoms. The normalized spacial score (nSPS) is 19.8. The van der Waals surface area contributed by atoms with Crippen molar-refractivity contribution >= 4 is 17.5 Å². The summed E-state index contributed by atoms with van der Waals surface area (Å²) >= 11 is 5.86. The number of amides is 1. The van der Waals surface area contributed by atoms with Crippen LogP contribution in [0.25, 0.3) is 0 Å². The molecule has 0 radical (unpaired) electrons. The van der Waals surface area contributed by atoms with Crippen LogP contribution in [0.1, 0.15) is 30.2 Å². The third kappa shape index (κ3) is 4.06. The minimum atomic E-state index is -0.471. The molecule has 1 aliphatic heterocycles. The summed E-state index contributed by atoms with van der Waals surface area (Å²) in [6.07, 6.45) is -0.328. The number of benzene rings is 2. The molecule has 2 aromatic carbocycles. The van der Waals surface area contributed by atoms with Gasteiger partial charge in [-0.25, -0.2) is 4.39 Å². The van der Waals surface area contributed by atoms with Crippen molar-refractivity contribution in [3.8, 4) is 0 Å². The van der Waals surface area contributed by atoms with Crippen molar-refractivity contribution in [1.82, 2.24) is 4.90 Å². The fourth-order valence-electron chi connectivity index (χ4n) is 3.17. The fourth-order valence-corrected chi connectivity index (χ4v) is 3.36. The molecular weight excluding hydrogens is 355 g/mol. The van der Waals surface area contributed by atoms with E-state index >= 15 is 0 Å². The summed E-state index contributed by atoms with van der Waals surface area (Å²) in [6.45, 7) is 3.17. The average molecular weight is 377 g/mol. The van der Waals surface area contributed by atoms with Gasteiger partial charge in [-0.1, -0.05) is 54.9 Å². The third-order valence-electron chi connectivity index (χ3n) is 4.81. The van der Waals surface area contributed by atoms with Crippen LogP contribution in [-0.4, -0.2) is 30.5 Å². The van der Waals surface area contributed by atoms with Gasteiger partial charge in [0.15, 0.2) is 0 Å². The van der Waals surface area contributed by atoms with E-state index in [2.05, 4.69) is 0 Å². The van der Waals surface area contributed by atoms with Gasteiger partial charge in [0.2, 0.25) is 5.91 Å². The average Bonchev–Trinajstić information content (AvgIpc) is 2.69. The monoisotopic (exact) mass is 376 g/mol. The topological polar surface area (TPSA) is 55.6 Å². The number of hydrogen-bond acceptors (Lipinski definition) is 3. The number of hydrogen-bond donors (Lipinski definition) is 1. The number of rotatable bonds is 4. The van der Waals surface area contributed by atoms with Gasteiger partial charge in [0.25, 0.3) is 0 Å². The number of halogens is 2. The van der Waals surface area contributed by atoms with Crippen LogP contribution in [0.4, 0.5) is 4.39 Å². The summed E-state index contributed by atoms with van der Waals surface area (Å²) in [4.78, 5) is 14.7. The quantitative estimate of drug-likeness (QED) is 0.884. The molecule has 138 valence electrons. The van der Waals surface area contributed by atoms with E-state index in [4.69, 9.17) is 22.1 Å². The molecule has 1 heterocycles. The summed E-state index contributed by atoms with van der Waals surface area (Å²) in [7, 11) is 0. The molecule has 0 aromatic heterocycles. The molecule has 0 saturated carbocycles. The van der Waals surface area contributed by atoms with Crippen molar-refractivity contribution in [3.63, 3.8) is 0 Å². The van der Waals surface area contributed by atoms with E-state index in [9.17, 15) is 9.18 Å². The Morgan fingerprint density at radius 3 is 2.73 bits per heavy atom. The summed E-state index contributed by atoms with van der Waals surface area (Å²) in [5.41, 5.74) is 7.98. The van der Waals surface area contributed by atoms with Gasteiger partial charge in [-0.3, -0.25) is 4.79 Å². The number of morpholine rings is 1. The number of carbonyl (C=O) groups is 1. The molecule has 3 atom stereocenters. The maximum atomic E-state index is 13.4. The zero-order chi connectivity index (χ0) is 18.7. The molecule has 3 rings (SSSR count). The van der Waals surface area contributed by atoms with E-state index in [1.54, 1.807) is 17.0 Å². The maximum absolute atomic E-state index is 13.4. The Bertz CT molecular complexity index is 772.